The summed E-state index contributed by atoms with van der Waals surface area (Å²) in [5, 5.41) is 3.89. The van der Waals surface area contributed by atoms with Crippen LogP contribution in [0.2, 0.25) is 15.1 Å². The normalized spacial score (nSPS) is 12.0. The minimum Gasteiger partial charge on any atom is -0.354 e. The van der Waals surface area contributed by atoms with Crippen LogP contribution in [0.5, 0.6) is 0 Å². The molecular formula is C28H30Cl3N3O4S. The SMILES string of the molecule is CCCNC(=O)C(CC)N(Cc1ccc(Cl)c(Cl)c1)C(=O)CN(c1ccccc1)S(=O)(=O)c1ccc(Cl)cc1. The molecule has 3 rings (SSSR count). The highest BCUT2D eigenvalue weighted by atomic mass is 35.5. The summed E-state index contributed by atoms with van der Waals surface area (Å²) in [4.78, 5) is 28.4. The van der Waals surface area contributed by atoms with E-state index >= 15 is 0 Å². The van der Waals surface area contributed by atoms with Crippen molar-refractivity contribution < 1.29 is 18.0 Å². The van der Waals surface area contributed by atoms with Crippen molar-refractivity contribution in [2.75, 3.05) is 17.4 Å². The lowest BCUT2D eigenvalue weighted by molar-refractivity contribution is -0.140. The molecule has 0 spiro atoms. The molecule has 0 saturated carbocycles. The van der Waals surface area contributed by atoms with Crippen molar-refractivity contribution in [1.29, 1.82) is 0 Å². The summed E-state index contributed by atoms with van der Waals surface area (Å²) in [6.07, 6.45) is 1.04. The van der Waals surface area contributed by atoms with Gasteiger partial charge in [-0.1, -0.05) is 72.9 Å². The number of amides is 2. The molecule has 3 aromatic rings. The molecule has 11 heteroatoms. The Kier molecular flexibility index (Phi) is 11.1. The van der Waals surface area contributed by atoms with E-state index in [0.29, 0.717) is 39.3 Å². The lowest BCUT2D eigenvalue weighted by Gasteiger charge is -2.33. The Bertz CT molecular complexity index is 1390. The number of hydrogen-bond acceptors (Lipinski definition) is 4. The van der Waals surface area contributed by atoms with Crippen molar-refractivity contribution in [3.8, 4) is 0 Å². The van der Waals surface area contributed by atoms with Crippen LogP contribution in [0, 0.1) is 0 Å². The summed E-state index contributed by atoms with van der Waals surface area (Å²) in [5.74, 6) is -0.874. The Labute approximate surface area is 244 Å². The lowest BCUT2D eigenvalue weighted by Crippen LogP contribution is -2.52. The van der Waals surface area contributed by atoms with Crippen LogP contribution < -0.4 is 9.62 Å². The van der Waals surface area contributed by atoms with E-state index in [1.807, 2.05) is 6.92 Å². The summed E-state index contributed by atoms with van der Waals surface area (Å²) >= 11 is 18.3. The first kappa shape index (κ1) is 30.8. The van der Waals surface area contributed by atoms with Crippen LogP contribution in [0.25, 0.3) is 0 Å². The summed E-state index contributed by atoms with van der Waals surface area (Å²) < 4.78 is 28.6. The molecule has 39 heavy (non-hydrogen) atoms. The van der Waals surface area contributed by atoms with Gasteiger partial charge in [-0.05, 0) is 66.9 Å². The maximum Gasteiger partial charge on any atom is 0.264 e. The fourth-order valence-corrected chi connectivity index (χ4v) is 5.84. The third-order valence-electron chi connectivity index (χ3n) is 6.00. The molecule has 1 unspecified atom stereocenters. The van der Waals surface area contributed by atoms with Gasteiger partial charge < -0.3 is 10.2 Å². The van der Waals surface area contributed by atoms with E-state index in [4.69, 9.17) is 34.8 Å². The number of hydrogen-bond donors (Lipinski definition) is 1. The zero-order valence-corrected chi connectivity index (χ0v) is 24.7. The molecule has 1 atom stereocenters. The van der Waals surface area contributed by atoms with Gasteiger partial charge in [0.1, 0.15) is 12.6 Å². The van der Waals surface area contributed by atoms with Crippen LogP contribution in [0.15, 0.2) is 77.7 Å². The first-order valence-corrected chi connectivity index (χ1v) is 15.0. The van der Waals surface area contributed by atoms with Crippen molar-refractivity contribution in [2.45, 2.75) is 44.2 Å². The van der Waals surface area contributed by atoms with Crippen LogP contribution in [-0.2, 0) is 26.2 Å². The third kappa shape index (κ3) is 7.88. The third-order valence-corrected chi connectivity index (χ3v) is 8.78. The van der Waals surface area contributed by atoms with Gasteiger partial charge >= 0.3 is 0 Å². The summed E-state index contributed by atoms with van der Waals surface area (Å²) in [5.41, 5.74) is 0.949. The van der Waals surface area contributed by atoms with Crippen molar-refractivity contribution in [3.63, 3.8) is 0 Å². The van der Waals surface area contributed by atoms with E-state index in [1.165, 1.54) is 29.2 Å². The van der Waals surface area contributed by atoms with Gasteiger partial charge in [0.15, 0.2) is 0 Å². The van der Waals surface area contributed by atoms with Gasteiger partial charge in [-0.25, -0.2) is 8.42 Å². The molecule has 0 heterocycles. The number of anilines is 1. The van der Waals surface area contributed by atoms with Crippen LogP contribution in [0.1, 0.15) is 32.3 Å². The van der Waals surface area contributed by atoms with Gasteiger partial charge in [0.2, 0.25) is 11.8 Å². The largest absolute Gasteiger partial charge is 0.354 e. The number of sulfonamides is 1. The standard InChI is InChI=1S/C28H30Cl3N3O4S/c1-3-16-32-28(36)26(4-2)33(18-20-10-15-24(30)25(31)17-20)27(35)19-34(22-8-6-5-7-9-22)39(37,38)23-13-11-21(29)12-14-23/h5-15,17,26H,3-4,16,18-19H2,1-2H3,(H,32,36). The highest BCUT2D eigenvalue weighted by molar-refractivity contribution is 7.92. The molecule has 0 aromatic heterocycles. The van der Waals surface area contributed by atoms with Crippen molar-refractivity contribution in [3.05, 3.63) is 93.4 Å². The van der Waals surface area contributed by atoms with E-state index in [2.05, 4.69) is 5.32 Å². The molecule has 0 aliphatic carbocycles. The molecule has 0 radical (unpaired) electrons. The zero-order chi connectivity index (χ0) is 28.6. The van der Waals surface area contributed by atoms with Crippen molar-refractivity contribution >= 4 is 62.3 Å². The molecular weight excluding hydrogens is 581 g/mol. The summed E-state index contributed by atoms with van der Waals surface area (Å²) in [6, 6.07) is 18.2. The van der Waals surface area contributed by atoms with Gasteiger partial charge in [-0.2, -0.15) is 0 Å². The Hall–Kier alpha value is -2.78. The smallest absolute Gasteiger partial charge is 0.264 e. The number of rotatable bonds is 12. The zero-order valence-electron chi connectivity index (χ0n) is 21.6. The topological polar surface area (TPSA) is 86.8 Å². The van der Waals surface area contributed by atoms with E-state index in [1.54, 1.807) is 55.5 Å². The average Bonchev–Trinajstić information content (AvgIpc) is 2.92. The van der Waals surface area contributed by atoms with Crippen LogP contribution in [-0.4, -0.2) is 44.3 Å². The summed E-state index contributed by atoms with van der Waals surface area (Å²) in [7, 11) is -4.16. The molecule has 0 fully saturated rings. The highest BCUT2D eigenvalue weighted by Gasteiger charge is 2.33. The number of carbonyl (C=O) groups excluding carboxylic acids is 2. The van der Waals surface area contributed by atoms with E-state index in [9.17, 15) is 18.0 Å². The monoisotopic (exact) mass is 609 g/mol. The number of para-hydroxylation sites is 1. The molecule has 1 N–H and O–H groups in total. The average molecular weight is 611 g/mol. The molecule has 3 aromatic carbocycles. The number of nitrogens with zero attached hydrogens (tertiary/aromatic N) is 2. The fraction of sp³-hybridized carbons (Fsp3) is 0.286. The highest BCUT2D eigenvalue weighted by Crippen LogP contribution is 2.27. The Morgan fingerprint density at radius 1 is 0.897 bits per heavy atom. The predicted octanol–water partition coefficient (Wildman–Crippen LogP) is 6.18. The van der Waals surface area contributed by atoms with Crippen LogP contribution in [0.4, 0.5) is 5.69 Å². The van der Waals surface area contributed by atoms with E-state index in [-0.39, 0.29) is 17.3 Å². The number of benzene rings is 3. The minimum absolute atomic E-state index is 0.0210. The molecule has 2 amide bonds. The van der Waals surface area contributed by atoms with Gasteiger partial charge in [0.05, 0.1) is 20.6 Å². The predicted molar refractivity (Wildman–Crippen MR) is 157 cm³/mol. The molecule has 0 aliphatic heterocycles. The quantitative estimate of drug-likeness (QED) is 0.266. The van der Waals surface area contributed by atoms with E-state index in [0.717, 1.165) is 10.7 Å². The first-order chi connectivity index (χ1) is 18.6. The van der Waals surface area contributed by atoms with Crippen molar-refractivity contribution in [1.82, 2.24) is 10.2 Å². The Balaban J connectivity index is 2.04. The van der Waals surface area contributed by atoms with E-state index < -0.39 is 28.5 Å². The molecule has 208 valence electrons. The Morgan fingerprint density at radius 2 is 1.56 bits per heavy atom. The second-order valence-corrected chi connectivity index (χ2v) is 11.9. The second kappa shape index (κ2) is 14.0. The minimum atomic E-state index is -4.16. The molecule has 0 saturated heterocycles. The molecule has 7 nitrogen and oxygen atoms in total. The Morgan fingerprint density at radius 3 is 2.15 bits per heavy atom. The second-order valence-electron chi connectivity index (χ2n) is 8.79. The fourth-order valence-electron chi connectivity index (χ4n) is 3.98. The van der Waals surface area contributed by atoms with Crippen LogP contribution in [0.3, 0.4) is 0 Å². The number of carbonyl (C=O) groups is 2. The van der Waals surface area contributed by atoms with Crippen molar-refractivity contribution in [2.24, 2.45) is 0 Å². The molecule has 0 bridgehead atoms. The maximum atomic E-state index is 14.0. The van der Waals surface area contributed by atoms with Crippen LogP contribution >= 0.6 is 34.8 Å². The number of halogens is 3. The van der Waals surface area contributed by atoms with Gasteiger partial charge in [-0.3, -0.25) is 13.9 Å². The maximum absolute atomic E-state index is 14.0. The first-order valence-electron chi connectivity index (χ1n) is 12.4. The van der Waals surface area contributed by atoms with Gasteiger partial charge in [0, 0.05) is 18.1 Å². The van der Waals surface area contributed by atoms with Gasteiger partial charge in [-0.15, -0.1) is 0 Å². The molecule has 0 aliphatic rings. The lowest BCUT2D eigenvalue weighted by atomic mass is 10.1. The summed E-state index contributed by atoms with van der Waals surface area (Å²) in [6.45, 7) is 3.67. The van der Waals surface area contributed by atoms with Gasteiger partial charge in [0.25, 0.3) is 10.0 Å². The number of nitrogens with one attached hydrogen (secondary N) is 1.